The number of hydrogen-bond acceptors (Lipinski definition) is 3. The van der Waals surface area contributed by atoms with Gasteiger partial charge in [0.2, 0.25) is 0 Å². The normalized spacial score (nSPS) is 22.0. The Labute approximate surface area is 128 Å². The summed E-state index contributed by atoms with van der Waals surface area (Å²) in [5, 5.41) is 2.72. The van der Waals surface area contributed by atoms with Crippen molar-refractivity contribution in [3.05, 3.63) is 34.6 Å². The van der Waals surface area contributed by atoms with Gasteiger partial charge in [-0.25, -0.2) is 4.39 Å². The molecule has 3 N–H and O–H groups in total. The SMILES string of the molecule is NC1CCC(OCCNC(=O)c2c(F)cccc2Cl)CC1. The molecule has 0 spiro atoms. The van der Waals surface area contributed by atoms with Crippen LogP contribution < -0.4 is 11.1 Å². The number of halogens is 2. The summed E-state index contributed by atoms with van der Waals surface area (Å²) < 4.78 is 19.2. The first kappa shape index (κ1) is 16.2. The van der Waals surface area contributed by atoms with E-state index in [9.17, 15) is 9.18 Å². The molecule has 21 heavy (non-hydrogen) atoms. The van der Waals surface area contributed by atoms with E-state index in [0.717, 1.165) is 25.7 Å². The lowest BCUT2D eigenvalue weighted by Gasteiger charge is -2.26. The molecule has 1 amide bonds. The molecule has 1 aromatic carbocycles. The molecule has 1 aliphatic carbocycles. The van der Waals surface area contributed by atoms with Crippen LogP contribution >= 0.6 is 11.6 Å². The predicted molar refractivity (Wildman–Crippen MR) is 79.9 cm³/mol. The number of nitrogens with two attached hydrogens (primary N) is 1. The topological polar surface area (TPSA) is 64.3 Å². The minimum absolute atomic E-state index is 0.106. The van der Waals surface area contributed by atoms with Crippen LogP contribution in [-0.4, -0.2) is 31.2 Å². The maximum absolute atomic E-state index is 13.5. The van der Waals surface area contributed by atoms with Gasteiger partial charge in [-0.15, -0.1) is 0 Å². The maximum Gasteiger partial charge on any atom is 0.255 e. The van der Waals surface area contributed by atoms with Crippen molar-refractivity contribution < 1.29 is 13.9 Å². The summed E-state index contributed by atoms with van der Waals surface area (Å²) in [6.45, 7) is 0.726. The second kappa shape index (κ2) is 7.73. The molecule has 1 fully saturated rings. The summed E-state index contributed by atoms with van der Waals surface area (Å²) in [6, 6.07) is 4.45. The summed E-state index contributed by atoms with van der Waals surface area (Å²) in [5.74, 6) is -1.14. The van der Waals surface area contributed by atoms with Gasteiger partial charge in [-0.3, -0.25) is 4.79 Å². The number of hydrogen-bond donors (Lipinski definition) is 2. The Kier molecular flexibility index (Phi) is 5.96. The molecule has 0 bridgehead atoms. The fourth-order valence-corrected chi connectivity index (χ4v) is 2.70. The molecule has 0 heterocycles. The van der Waals surface area contributed by atoms with Crippen molar-refractivity contribution in [2.24, 2.45) is 5.73 Å². The zero-order chi connectivity index (χ0) is 15.2. The van der Waals surface area contributed by atoms with Crippen LogP contribution in [0.4, 0.5) is 4.39 Å². The molecular formula is C15H20ClFN2O2. The third-order valence-corrected chi connectivity index (χ3v) is 3.96. The lowest BCUT2D eigenvalue weighted by Crippen LogP contribution is -2.33. The summed E-state index contributed by atoms with van der Waals surface area (Å²) in [5.41, 5.74) is 5.70. The van der Waals surface area contributed by atoms with Crippen LogP contribution in [0, 0.1) is 5.82 Å². The largest absolute Gasteiger partial charge is 0.376 e. The van der Waals surface area contributed by atoms with E-state index >= 15 is 0 Å². The van der Waals surface area contributed by atoms with Gasteiger partial charge in [0.25, 0.3) is 5.91 Å². The average molecular weight is 315 g/mol. The minimum atomic E-state index is -0.623. The fourth-order valence-electron chi connectivity index (χ4n) is 2.45. The maximum atomic E-state index is 13.5. The minimum Gasteiger partial charge on any atom is -0.376 e. The van der Waals surface area contributed by atoms with Gasteiger partial charge in [0, 0.05) is 12.6 Å². The lowest BCUT2D eigenvalue weighted by molar-refractivity contribution is 0.0267. The van der Waals surface area contributed by atoms with E-state index in [1.807, 2.05) is 0 Å². The van der Waals surface area contributed by atoms with Crippen molar-refractivity contribution >= 4 is 17.5 Å². The smallest absolute Gasteiger partial charge is 0.255 e. The molecule has 0 saturated heterocycles. The quantitative estimate of drug-likeness (QED) is 0.821. The lowest BCUT2D eigenvalue weighted by atomic mass is 9.94. The van der Waals surface area contributed by atoms with Gasteiger partial charge in [0.05, 0.1) is 23.3 Å². The van der Waals surface area contributed by atoms with Crippen molar-refractivity contribution in [2.45, 2.75) is 37.8 Å². The van der Waals surface area contributed by atoms with Crippen molar-refractivity contribution in [1.29, 1.82) is 0 Å². The Morgan fingerprint density at radius 1 is 1.38 bits per heavy atom. The third-order valence-electron chi connectivity index (χ3n) is 3.65. The number of carbonyl (C=O) groups excluding carboxylic acids is 1. The van der Waals surface area contributed by atoms with E-state index in [2.05, 4.69) is 5.32 Å². The van der Waals surface area contributed by atoms with Crippen LogP contribution in [0.5, 0.6) is 0 Å². The molecular weight excluding hydrogens is 295 g/mol. The fraction of sp³-hybridized carbons (Fsp3) is 0.533. The molecule has 4 nitrogen and oxygen atoms in total. The van der Waals surface area contributed by atoms with Crippen molar-refractivity contribution in [1.82, 2.24) is 5.32 Å². The molecule has 2 rings (SSSR count). The Hall–Kier alpha value is -1.17. The summed E-state index contributed by atoms with van der Waals surface area (Å²) in [4.78, 5) is 11.9. The number of benzene rings is 1. The highest BCUT2D eigenvalue weighted by Gasteiger charge is 2.19. The van der Waals surface area contributed by atoms with Crippen molar-refractivity contribution in [2.75, 3.05) is 13.2 Å². The first-order valence-electron chi connectivity index (χ1n) is 7.17. The first-order valence-corrected chi connectivity index (χ1v) is 7.55. The predicted octanol–water partition coefficient (Wildman–Crippen LogP) is 2.50. The Morgan fingerprint density at radius 2 is 2.10 bits per heavy atom. The first-order chi connectivity index (χ1) is 10.1. The van der Waals surface area contributed by atoms with Crippen molar-refractivity contribution in [3.8, 4) is 0 Å². The van der Waals surface area contributed by atoms with Gasteiger partial charge in [0.1, 0.15) is 5.82 Å². The molecule has 1 saturated carbocycles. The molecule has 116 valence electrons. The third kappa shape index (κ3) is 4.66. The van der Waals surface area contributed by atoms with Crippen LogP contribution in [0.25, 0.3) is 0 Å². The van der Waals surface area contributed by atoms with E-state index in [-0.39, 0.29) is 22.7 Å². The molecule has 0 unspecified atom stereocenters. The number of carbonyl (C=O) groups is 1. The summed E-state index contributed by atoms with van der Waals surface area (Å²) in [7, 11) is 0. The highest BCUT2D eigenvalue weighted by atomic mass is 35.5. The highest BCUT2D eigenvalue weighted by molar-refractivity contribution is 6.33. The average Bonchev–Trinajstić information content (AvgIpc) is 2.45. The van der Waals surface area contributed by atoms with Gasteiger partial charge in [-0.2, -0.15) is 0 Å². The Bertz CT molecular complexity index is 470. The standard InChI is InChI=1S/C15H20ClFN2O2/c16-12-2-1-3-13(17)14(12)15(20)19-8-9-21-11-6-4-10(18)5-7-11/h1-3,10-11H,4-9,18H2,(H,19,20). The molecule has 6 heteroatoms. The molecule has 1 aromatic rings. The van der Waals surface area contributed by atoms with Gasteiger partial charge in [0.15, 0.2) is 0 Å². The van der Waals surface area contributed by atoms with E-state index in [0.29, 0.717) is 13.2 Å². The molecule has 0 aliphatic heterocycles. The zero-order valence-corrected chi connectivity index (χ0v) is 12.5. The molecule has 1 aliphatic rings. The van der Waals surface area contributed by atoms with Gasteiger partial charge in [-0.1, -0.05) is 17.7 Å². The summed E-state index contributed by atoms with van der Waals surface area (Å²) >= 11 is 5.83. The summed E-state index contributed by atoms with van der Waals surface area (Å²) in [6.07, 6.45) is 4.06. The molecule has 0 atom stereocenters. The number of rotatable bonds is 5. The molecule has 0 aromatic heterocycles. The van der Waals surface area contributed by atoms with Gasteiger partial charge >= 0.3 is 0 Å². The number of ether oxygens (including phenoxy) is 1. The van der Waals surface area contributed by atoms with E-state index in [1.165, 1.54) is 18.2 Å². The van der Waals surface area contributed by atoms with E-state index < -0.39 is 11.7 Å². The van der Waals surface area contributed by atoms with Gasteiger partial charge < -0.3 is 15.8 Å². The van der Waals surface area contributed by atoms with Gasteiger partial charge in [-0.05, 0) is 37.8 Å². The van der Waals surface area contributed by atoms with Crippen LogP contribution in [-0.2, 0) is 4.74 Å². The second-order valence-corrected chi connectivity index (χ2v) is 5.67. The zero-order valence-electron chi connectivity index (χ0n) is 11.8. The highest BCUT2D eigenvalue weighted by Crippen LogP contribution is 2.20. The van der Waals surface area contributed by atoms with Crippen LogP contribution in [0.15, 0.2) is 18.2 Å². The number of amides is 1. The Balaban J connectivity index is 1.72. The Morgan fingerprint density at radius 3 is 2.76 bits per heavy atom. The second-order valence-electron chi connectivity index (χ2n) is 5.26. The van der Waals surface area contributed by atoms with Crippen molar-refractivity contribution in [3.63, 3.8) is 0 Å². The van der Waals surface area contributed by atoms with E-state index in [4.69, 9.17) is 22.1 Å². The molecule has 0 radical (unpaired) electrons. The number of nitrogens with one attached hydrogen (secondary N) is 1. The monoisotopic (exact) mass is 314 g/mol. The van der Waals surface area contributed by atoms with E-state index in [1.54, 1.807) is 0 Å². The van der Waals surface area contributed by atoms with Crippen LogP contribution in [0.3, 0.4) is 0 Å². The van der Waals surface area contributed by atoms with Crippen LogP contribution in [0.2, 0.25) is 5.02 Å². The van der Waals surface area contributed by atoms with Crippen LogP contribution in [0.1, 0.15) is 36.0 Å².